The van der Waals surface area contributed by atoms with Gasteiger partial charge >= 0.3 is 11.9 Å². The third-order valence-corrected chi connectivity index (χ3v) is 3.84. The highest BCUT2D eigenvalue weighted by Gasteiger charge is 2.34. The molecular formula is C16H28N4O9. The van der Waals surface area contributed by atoms with Crippen molar-refractivity contribution in [3.63, 3.8) is 0 Å². The molecule has 0 spiro atoms. The van der Waals surface area contributed by atoms with Crippen molar-refractivity contribution in [2.24, 2.45) is 11.7 Å². The van der Waals surface area contributed by atoms with Crippen LogP contribution in [-0.4, -0.2) is 87.0 Å². The lowest BCUT2D eigenvalue weighted by atomic mass is 10.0. The Labute approximate surface area is 166 Å². The fourth-order valence-corrected chi connectivity index (χ4v) is 2.16. The number of carboxylic acid groups (broad SMARTS) is 2. The number of aliphatic hydroxyl groups excluding tert-OH is 2. The summed E-state index contributed by atoms with van der Waals surface area (Å²) in [5, 5.41) is 42.9. The molecule has 29 heavy (non-hydrogen) atoms. The second-order valence-electron chi connectivity index (χ2n) is 6.74. The second-order valence-corrected chi connectivity index (χ2v) is 6.74. The van der Waals surface area contributed by atoms with E-state index in [2.05, 4.69) is 10.6 Å². The number of hydrogen-bond acceptors (Lipinski definition) is 8. The van der Waals surface area contributed by atoms with E-state index in [0.29, 0.717) is 0 Å². The molecule has 9 N–H and O–H groups in total. The lowest BCUT2D eigenvalue weighted by molar-refractivity contribution is -0.147. The zero-order chi connectivity index (χ0) is 22.9. The summed E-state index contributed by atoms with van der Waals surface area (Å²) in [5.41, 5.74) is 5.34. The highest BCUT2D eigenvalue weighted by molar-refractivity contribution is 5.95. The van der Waals surface area contributed by atoms with E-state index in [4.69, 9.17) is 21.1 Å². The van der Waals surface area contributed by atoms with Crippen molar-refractivity contribution in [2.45, 2.75) is 57.5 Å². The summed E-state index contributed by atoms with van der Waals surface area (Å²) in [7, 11) is 0. The Morgan fingerprint density at radius 3 is 1.72 bits per heavy atom. The van der Waals surface area contributed by atoms with Crippen LogP contribution in [0.1, 0.15) is 27.2 Å². The van der Waals surface area contributed by atoms with E-state index in [-0.39, 0.29) is 0 Å². The van der Waals surface area contributed by atoms with Crippen molar-refractivity contribution in [1.29, 1.82) is 0 Å². The molecule has 13 heteroatoms. The highest BCUT2D eigenvalue weighted by atomic mass is 16.4. The summed E-state index contributed by atoms with van der Waals surface area (Å²) >= 11 is 0. The predicted octanol–water partition coefficient (Wildman–Crippen LogP) is -3.64. The number of amides is 3. The molecule has 13 nitrogen and oxygen atoms in total. The zero-order valence-corrected chi connectivity index (χ0v) is 16.3. The van der Waals surface area contributed by atoms with Gasteiger partial charge in [-0.3, -0.25) is 19.2 Å². The van der Waals surface area contributed by atoms with Gasteiger partial charge in [-0.05, 0) is 12.8 Å². The molecule has 3 amide bonds. The van der Waals surface area contributed by atoms with Crippen LogP contribution in [0, 0.1) is 5.92 Å². The Bertz CT molecular complexity index is 624. The van der Waals surface area contributed by atoms with Crippen molar-refractivity contribution in [2.75, 3.05) is 6.61 Å². The molecule has 0 aliphatic heterocycles. The van der Waals surface area contributed by atoms with E-state index in [1.807, 2.05) is 5.32 Å². The maximum absolute atomic E-state index is 12.5. The van der Waals surface area contributed by atoms with Gasteiger partial charge in [0, 0.05) is 0 Å². The number of carboxylic acids is 2. The van der Waals surface area contributed by atoms with Crippen molar-refractivity contribution in [1.82, 2.24) is 16.0 Å². The molecule has 0 radical (unpaired) electrons. The molecule has 166 valence electrons. The van der Waals surface area contributed by atoms with E-state index in [0.717, 1.165) is 0 Å². The molecule has 0 bridgehead atoms. The van der Waals surface area contributed by atoms with Crippen LogP contribution in [0.2, 0.25) is 0 Å². The van der Waals surface area contributed by atoms with Gasteiger partial charge < -0.3 is 42.1 Å². The fourth-order valence-electron chi connectivity index (χ4n) is 2.16. The van der Waals surface area contributed by atoms with Crippen LogP contribution in [0.3, 0.4) is 0 Å². The van der Waals surface area contributed by atoms with Crippen molar-refractivity contribution in [3.05, 3.63) is 0 Å². The second kappa shape index (κ2) is 11.9. The van der Waals surface area contributed by atoms with Crippen LogP contribution >= 0.6 is 0 Å². The number of hydrogen-bond donors (Lipinski definition) is 8. The summed E-state index contributed by atoms with van der Waals surface area (Å²) < 4.78 is 0. The van der Waals surface area contributed by atoms with Crippen LogP contribution in [0.15, 0.2) is 0 Å². The van der Waals surface area contributed by atoms with E-state index in [9.17, 15) is 29.1 Å². The molecule has 0 aliphatic rings. The third kappa shape index (κ3) is 8.85. The molecule has 5 unspecified atom stereocenters. The molecule has 0 fully saturated rings. The van der Waals surface area contributed by atoms with Crippen LogP contribution in [0.4, 0.5) is 0 Å². The number of nitrogens with one attached hydrogen (secondary N) is 3. The number of carbonyl (C=O) groups is 5. The molecular weight excluding hydrogens is 392 g/mol. The van der Waals surface area contributed by atoms with Gasteiger partial charge in [0.25, 0.3) is 0 Å². The molecule has 0 aromatic heterocycles. The average molecular weight is 420 g/mol. The molecule has 0 aromatic rings. The van der Waals surface area contributed by atoms with Crippen molar-refractivity contribution in [3.8, 4) is 0 Å². The smallest absolute Gasteiger partial charge is 0.326 e. The summed E-state index contributed by atoms with van der Waals surface area (Å²) in [6.07, 6.45) is -2.26. The molecule has 0 saturated heterocycles. The summed E-state index contributed by atoms with van der Waals surface area (Å²) in [6.45, 7) is 3.58. The first-order chi connectivity index (χ1) is 13.3. The third-order valence-electron chi connectivity index (χ3n) is 3.84. The maximum Gasteiger partial charge on any atom is 0.326 e. The minimum Gasteiger partial charge on any atom is -0.481 e. The Kier molecular flexibility index (Phi) is 10.8. The standard InChI is InChI=1S/C16H28N4O9/c1-6(2)11(14(26)18-9(16(28)29)4-10(23)24)19-15(27)12(7(3)22)20-13(25)8(17)5-21/h6-9,11-12,21-22H,4-5,17H2,1-3H3,(H,18,26)(H,19,27)(H,20,25)(H,23,24)(H,28,29). The maximum atomic E-state index is 12.5. The molecule has 0 saturated carbocycles. The van der Waals surface area contributed by atoms with Gasteiger partial charge in [0.1, 0.15) is 24.2 Å². The molecule has 5 atom stereocenters. The van der Waals surface area contributed by atoms with Gasteiger partial charge in [-0.1, -0.05) is 13.8 Å². The molecule has 0 rings (SSSR count). The monoisotopic (exact) mass is 420 g/mol. The summed E-state index contributed by atoms with van der Waals surface area (Å²) in [5.74, 6) is -6.39. The highest BCUT2D eigenvalue weighted by Crippen LogP contribution is 2.06. The quantitative estimate of drug-likeness (QED) is 0.154. The normalized spacial score (nSPS) is 16.1. The zero-order valence-electron chi connectivity index (χ0n) is 16.3. The SMILES string of the molecule is CC(C)C(NC(=O)C(NC(=O)C(N)CO)C(C)O)C(=O)NC(CC(=O)O)C(=O)O. The van der Waals surface area contributed by atoms with E-state index in [1.54, 1.807) is 0 Å². The molecule has 0 aromatic carbocycles. The minimum atomic E-state index is -1.71. The van der Waals surface area contributed by atoms with E-state index < -0.39 is 78.9 Å². The van der Waals surface area contributed by atoms with E-state index >= 15 is 0 Å². The van der Waals surface area contributed by atoms with Crippen LogP contribution < -0.4 is 21.7 Å². The summed E-state index contributed by atoms with van der Waals surface area (Å²) in [4.78, 5) is 58.5. The predicted molar refractivity (Wildman–Crippen MR) is 97.3 cm³/mol. The topological polar surface area (TPSA) is 228 Å². The number of rotatable bonds is 12. The van der Waals surface area contributed by atoms with Crippen LogP contribution in [0.5, 0.6) is 0 Å². The lowest BCUT2D eigenvalue weighted by Gasteiger charge is -2.27. The number of carbonyl (C=O) groups excluding carboxylic acids is 3. The first kappa shape index (κ1) is 26.2. The Balaban J connectivity index is 5.34. The average Bonchev–Trinajstić information content (AvgIpc) is 2.61. The van der Waals surface area contributed by atoms with Crippen molar-refractivity contribution >= 4 is 29.7 Å². The van der Waals surface area contributed by atoms with Gasteiger partial charge in [0.15, 0.2) is 0 Å². The largest absolute Gasteiger partial charge is 0.481 e. The van der Waals surface area contributed by atoms with Crippen molar-refractivity contribution < 1.29 is 44.4 Å². The molecule has 0 aliphatic carbocycles. The van der Waals surface area contributed by atoms with Gasteiger partial charge in [-0.25, -0.2) is 4.79 Å². The number of aliphatic hydroxyl groups is 2. The number of nitrogens with two attached hydrogens (primary N) is 1. The van der Waals surface area contributed by atoms with Gasteiger partial charge in [0.05, 0.1) is 19.1 Å². The Morgan fingerprint density at radius 1 is 0.862 bits per heavy atom. The van der Waals surface area contributed by atoms with Gasteiger partial charge in [-0.15, -0.1) is 0 Å². The van der Waals surface area contributed by atoms with Crippen LogP contribution in [-0.2, 0) is 24.0 Å². The Morgan fingerprint density at radius 2 is 1.34 bits per heavy atom. The Hall–Kier alpha value is -2.77. The molecule has 0 heterocycles. The van der Waals surface area contributed by atoms with E-state index in [1.165, 1.54) is 20.8 Å². The summed E-state index contributed by atoms with van der Waals surface area (Å²) in [6, 6.07) is -5.85. The van der Waals surface area contributed by atoms with Gasteiger partial charge in [0.2, 0.25) is 17.7 Å². The number of aliphatic carboxylic acids is 2. The fraction of sp³-hybridized carbons (Fsp3) is 0.688. The first-order valence-electron chi connectivity index (χ1n) is 8.72. The minimum absolute atomic E-state index is 0.553. The van der Waals surface area contributed by atoms with Gasteiger partial charge in [-0.2, -0.15) is 0 Å². The van der Waals surface area contributed by atoms with Crippen LogP contribution in [0.25, 0.3) is 0 Å². The lowest BCUT2D eigenvalue weighted by Crippen LogP contribution is -2.61. The first-order valence-corrected chi connectivity index (χ1v) is 8.72.